The number of aliphatic hydroxyl groups is 1. The average Bonchev–Trinajstić information content (AvgIpc) is 2.70. The minimum atomic E-state index is -0.510. The Kier molecular flexibility index (Phi) is 2.60. The van der Waals surface area contributed by atoms with Gasteiger partial charge in [-0.15, -0.1) is 0 Å². The first-order chi connectivity index (χ1) is 7.24. The number of hydrogen-bond donors (Lipinski definition) is 1. The second-order valence-electron chi connectivity index (χ2n) is 3.57. The molecule has 1 atom stereocenters. The molecule has 0 aliphatic rings. The monoisotopic (exact) mass is 202 g/mol. The van der Waals surface area contributed by atoms with Gasteiger partial charge in [0.15, 0.2) is 0 Å². The maximum atomic E-state index is 9.64. The van der Waals surface area contributed by atoms with Crippen LogP contribution >= 0.6 is 0 Å². The zero-order valence-corrected chi connectivity index (χ0v) is 8.73. The molecule has 0 spiro atoms. The zero-order valence-electron chi connectivity index (χ0n) is 8.73. The SMILES string of the molecule is C=Cc1ccc2cc([C@@H](O)CC)oc2c1. The minimum Gasteiger partial charge on any atom is -0.458 e. The molecule has 0 unspecified atom stereocenters. The van der Waals surface area contributed by atoms with Gasteiger partial charge in [-0.25, -0.2) is 0 Å². The molecule has 2 heteroatoms. The van der Waals surface area contributed by atoms with Crippen LogP contribution in [0.3, 0.4) is 0 Å². The lowest BCUT2D eigenvalue weighted by atomic mass is 10.1. The van der Waals surface area contributed by atoms with Gasteiger partial charge in [0.1, 0.15) is 17.4 Å². The topological polar surface area (TPSA) is 33.4 Å². The maximum absolute atomic E-state index is 9.64. The van der Waals surface area contributed by atoms with Crippen LogP contribution in [0, 0.1) is 0 Å². The molecule has 15 heavy (non-hydrogen) atoms. The second-order valence-corrected chi connectivity index (χ2v) is 3.57. The lowest BCUT2D eigenvalue weighted by Crippen LogP contribution is -1.90. The summed E-state index contributed by atoms with van der Waals surface area (Å²) in [6, 6.07) is 7.76. The first-order valence-electron chi connectivity index (χ1n) is 5.08. The van der Waals surface area contributed by atoms with Gasteiger partial charge in [0.2, 0.25) is 0 Å². The summed E-state index contributed by atoms with van der Waals surface area (Å²) in [6.45, 7) is 5.63. The first kappa shape index (κ1) is 9.99. The van der Waals surface area contributed by atoms with Gasteiger partial charge in [0.25, 0.3) is 0 Å². The fourth-order valence-corrected chi connectivity index (χ4v) is 1.56. The van der Waals surface area contributed by atoms with Gasteiger partial charge < -0.3 is 9.52 Å². The maximum Gasteiger partial charge on any atom is 0.135 e. The van der Waals surface area contributed by atoms with Crippen molar-refractivity contribution in [2.45, 2.75) is 19.4 Å². The highest BCUT2D eigenvalue weighted by Crippen LogP contribution is 2.26. The summed E-state index contributed by atoms with van der Waals surface area (Å²) in [5.74, 6) is 0.633. The van der Waals surface area contributed by atoms with Crippen molar-refractivity contribution in [1.29, 1.82) is 0 Å². The van der Waals surface area contributed by atoms with Crippen LogP contribution < -0.4 is 0 Å². The van der Waals surface area contributed by atoms with Crippen LogP contribution in [0.15, 0.2) is 35.3 Å². The van der Waals surface area contributed by atoms with Gasteiger partial charge in [0.05, 0.1) is 0 Å². The number of aliphatic hydroxyl groups excluding tert-OH is 1. The molecule has 0 radical (unpaired) electrons. The summed E-state index contributed by atoms with van der Waals surface area (Å²) < 4.78 is 5.57. The number of rotatable bonds is 3. The highest BCUT2D eigenvalue weighted by atomic mass is 16.4. The van der Waals surface area contributed by atoms with Crippen molar-refractivity contribution < 1.29 is 9.52 Å². The third kappa shape index (κ3) is 1.81. The van der Waals surface area contributed by atoms with Crippen molar-refractivity contribution in [2.75, 3.05) is 0 Å². The summed E-state index contributed by atoms with van der Waals surface area (Å²) in [7, 11) is 0. The van der Waals surface area contributed by atoms with Crippen LogP contribution in [0.1, 0.15) is 30.8 Å². The molecule has 0 saturated carbocycles. The summed E-state index contributed by atoms with van der Waals surface area (Å²) >= 11 is 0. The largest absolute Gasteiger partial charge is 0.458 e. The van der Waals surface area contributed by atoms with E-state index in [2.05, 4.69) is 6.58 Å². The van der Waals surface area contributed by atoms with E-state index in [1.54, 1.807) is 6.08 Å². The standard InChI is InChI=1S/C13H14O2/c1-3-9-5-6-10-8-13(11(14)4-2)15-12(10)7-9/h3,5-8,11,14H,1,4H2,2H3/t11-/m0/s1. The quantitative estimate of drug-likeness (QED) is 0.826. The van der Waals surface area contributed by atoms with Crippen LogP contribution in [0.4, 0.5) is 0 Å². The van der Waals surface area contributed by atoms with Crippen LogP contribution in [-0.2, 0) is 0 Å². The van der Waals surface area contributed by atoms with Crippen LogP contribution in [0.25, 0.3) is 17.0 Å². The summed E-state index contributed by atoms with van der Waals surface area (Å²) in [5, 5.41) is 10.7. The Labute approximate surface area is 88.8 Å². The van der Waals surface area contributed by atoms with Gasteiger partial charge in [-0.1, -0.05) is 31.7 Å². The molecule has 0 saturated heterocycles. The fraction of sp³-hybridized carbons (Fsp3) is 0.231. The third-order valence-corrected chi connectivity index (χ3v) is 2.51. The smallest absolute Gasteiger partial charge is 0.135 e. The molecule has 0 fully saturated rings. The number of fused-ring (bicyclic) bond motifs is 1. The first-order valence-corrected chi connectivity index (χ1v) is 5.08. The third-order valence-electron chi connectivity index (χ3n) is 2.51. The number of benzene rings is 1. The van der Waals surface area contributed by atoms with Gasteiger partial charge >= 0.3 is 0 Å². The van der Waals surface area contributed by atoms with Crippen molar-refractivity contribution in [3.05, 3.63) is 42.2 Å². The van der Waals surface area contributed by atoms with Gasteiger partial charge in [-0.3, -0.25) is 0 Å². The molecule has 2 rings (SSSR count). The Morgan fingerprint density at radius 3 is 2.93 bits per heavy atom. The number of hydrogen-bond acceptors (Lipinski definition) is 2. The Morgan fingerprint density at radius 2 is 2.27 bits per heavy atom. The molecule has 78 valence electrons. The lowest BCUT2D eigenvalue weighted by molar-refractivity contribution is 0.148. The Morgan fingerprint density at radius 1 is 1.47 bits per heavy atom. The molecule has 0 aliphatic carbocycles. The summed E-state index contributed by atoms with van der Waals surface area (Å²) in [4.78, 5) is 0. The molecule has 0 amide bonds. The highest BCUT2D eigenvalue weighted by molar-refractivity contribution is 5.80. The molecule has 1 N–H and O–H groups in total. The Balaban J connectivity index is 2.50. The predicted octanol–water partition coefficient (Wildman–Crippen LogP) is 3.52. The van der Waals surface area contributed by atoms with E-state index in [1.807, 2.05) is 31.2 Å². The van der Waals surface area contributed by atoms with Gasteiger partial charge in [0, 0.05) is 5.39 Å². The van der Waals surface area contributed by atoms with E-state index in [1.165, 1.54) is 0 Å². The number of furan rings is 1. The van der Waals surface area contributed by atoms with Crippen LogP contribution in [0.2, 0.25) is 0 Å². The molecular weight excluding hydrogens is 188 g/mol. The molecule has 1 aromatic carbocycles. The second kappa shape index (κ2) is 3.91. The van der Waals surface area contributed by atoms with E-state index >= 15 is 0 Å². The summed E-state index contributed by atoms with van der Waals surface area (Å²) in [6.07, 6.45) is 1.93. The molecule has 1 heterocycles. The molecule has 1 aromatic heterocycles. The molecule has 2 aromatic rings. The average molecular weight is 202 g/mol. The van der Waals surface area contributed by atoms with Crippen molar-refractivity contribution in [1.82, 2.24) is 0 Å². The van der Waals surface area contributed by atoms with E-state index in [9.17, 15) is 5.11 Å². The van der Waals surface area contributed by atoms with Crippen molar-refractivity contribution >= 4 is 17.0 Å². The van der Waals surface area contributed by atoms with Crippen molar-refractivity contribution in [2.24, 2.45) is 0 Å². The van der Waals surface area contributed by atoms with E-state index in [-0.39, 0.29) is 0 Å². The van der Waals surface area contributed by atoms with Crippen LogP contribution in [0.5, 0.6) is 0 Å². The van der Waals surface area contributed by atoms with Crippen LogP contribution in [-0.4, -0.2) is 5.11 Å². The zero-order chi connectivity index (χ0) is 10.8. The van der Waals surface area contributed by atoms with Crippen molar-refractivity contribution in [3.8, 4) is 0 Å². The molecule has 0 aliphatic heterocycles. The van der Waals surface area contributed by atoms with E-state index < -0.39 is 6.10 Å². The highest BCUT2D eigenvalue weighted by Gasteiger charge is 2.10. The predicted molar refractivity (Wildman–Crippen MR) is 61.6 cm³/mol. The fourth-order valence-electron chi connectivity index (χ4n) is 1.56. The molecule has 2 nitrogen and oxygen atoms in total. The Bertz CT molecular complexity index is 482. The van der Waals surface area contributed by atoms with Crippen molar-refractivity contribution in [3.63, 3.8) is 0 Å². The Hall–Kier alpha value is -1.54. The summed E-state index contributed by atoms with van der Waals surface area (Å²) in [5.41, 5.74) is 1.82. The van der Waals surface area contributed by atoms with E-state index in [4.69, 9.17) is 4.42 Å². The lowest BCUT2D eigenvalue weighted by Gasteiger charge is -2.00. The van der Waals surface area contributed by atoms with Gasteiger partial charge in [-0.05, 0) is 24.1 Å². The minimum absolute atomic E-state index is 0.510. The van der Waals surface area contributed by atoms with E-state index in [0.29, 0.717) is 12.2 Å². The molecular formula is C13H14O2. The van der Waals surface area contributed by atoms with Gasteiger partial charge in [-0.2, -0.15) is 0 Å². The van der Waals surface area contributed by atoms with E-state index in [0.717, 1.165) is 16.5 Å². The molecule has 0 bridgehead atoms. The normalized spacial score (nSPS) is 12.9.